The van der Waals surface area contributed by atoms with E-state index in [1.54, 1.807) is 24.6 Å². The maximum Gasteiger partial charge on any atom is 0.194 e. The van der Waals surface area contributed by atoms with Crippen LogP contribution in [0.25, 0.3) is 0 Å². The van der Waals surface area contributed by atoms with Gasteiger partial charge >= 0.3 is 0 Å². The lowest BCUT2D eigenvalue weighted by Crippen LogP contribution is -2.30. The summed E-state index contributed by atoms with van der Waals surface area (Å²) in [4.78, 5) is 39.9. The molecule has 2 saturated heterocycles. The number of allylic oxidation sites excluding steroid dienone is 8. The second-order valence-corrected chi connectivity index (χ2v) is 8.74. The molecule has 0 aromatic heterocycles. The number of ketones is 2. The number of hydrogen-bond donors (Lipinski definition) is 0. The number of fused-ring (bicyclic) bond motifs is 2. The summed E-state index contributed by atoms with van der Waals surface area (Å²) in [6, 6.07) is 0. The highest BCUT2D eigenvalue weighted by molar-refractivity contribution is 6.37. The van der Waals surface area contributed by atoms with Gasteiger partial charge in [-0.15, -0.1) is 0 Å². The molecule has 0 atom stereocenters. The molecule has 0 N–H and O–H groups in total. The first-order valence-electron chi connectivity index (χ1n) is 11.6. The van der Waals surface area contributed by atoms with Gasteiger partial charge in [-0.25, -0.2) is 0 Å². The van der Waals surface area contributed by atoms with Crippen molar-refractivity contribution in [2.45, 2.75) is 38.5 Å². The molecule has 32 heavy (non-hydrogen) atoms. The van der Waals surface area contributed by atoms with Crippen molar-refractivity contribution in [3.63, 3.8) is 0 Å². The summed E-state index contributed by atoms with van der Waals surface area (Å²) in [6.45, 7) is 4.29. The molecular weight excluding hydrogens is 400 g/mol. The van der Waals surface area contributed by atoms with Crippen molar-refractivity contribution >= 4 is 23.0 Å². The molecule has 6 heteroatoms. The Balaban J connectivity index is 1.33. The molecule has 6 nitrogen and oxygen atoms in total. The maximum atomic E-state index is 13.2. The van der Waals surface area contributed by atoms with Gasteiger partial charge in [0.15, 0.2) is 11.6 Å². The zero-order valence-electron chi connectivity index (χ0n) is 18.3. The molecule has 0 radical (unpaired) electrons. The lowest BCUT2D eigenvalue weighted by Gasteiger charge is -2.26. The Bertz CT molecular complexity index is 983. The van der Waals surface area contributed by atoms with Crippen LogP contribution in [0.1, 0.15) is 38.5 Å². The van der Waals surface area contributed by atoms with Gasteiger partial charge in [0.2, 0.25) is 0 Å². The first-order valence-corrected chi connectivity index (χ1v) is 11.6. The Hall–Kier alpha value is -3.28. The molecule has 0 amide bonds. The van der Waals surface area contributed by atoms with Crippen LogP contribution in [0.3, 0.4) is 0 Å². The van der Waals surface area contributed by atoms with Crippen LogP contribution in [0.5, 0.6) is 0 Å². The number of rotatable bonds is 4. The molecule has 164 valence electrons. The topological polar surface area (TPSA) is 65.3 Å². The molecule has 1 saturated carbocycles. The fourth-order valence-electron chi connectivity index (χ4n) is 4.74. The van der Waals surface area contributed by atoms with Gasteiger partial charge < -0.3 is 9.80 Å². The first-order chi connectivity index (χ1) is 15.7. The minimum atomic E-state index is -0.0929. The number of nitrogens with zero attached hydrogens (tertiary/aromatic N) is 4. The van der Waals surface area contributed by atoms with Gasteiger partial charge in [-0.05, 0) is 37.8 Å². The van der Waals surface area contributed by atoms with Crippen LogP contribution >= 0.6 is 0 Å². The zero-order chi connectivity index (χ0) is 21.9. The van der Waals surface area contributed by atoms with Crippen molar-refractivity contribution in [1.29, 1.82) is 0 Å². The highest BCUT2D eigenvalue weighted by Crippen LogP contribution is 2.35. The minimum absolute atomic E-state index is 0.0929. The molecule has 0 spiro atoms. The Morgan fingerprint density at radius 2 is 1.03 bits per heavy atom. The summed E-state index contributed by atoms with van der Waals surface area (Å²) < 4.78 is 0. The largest absolute Gasteiger partial charge is 0.376 e. The summed E-state index contributed by atoms with van der Waals surface area (Å²) >= 11 is 0. The van der Waals surface area contributed by atoms with Gasteiger partial charge in [0, 0.05) is 97.5 Å². The molecule has 0 aromatic rings. The molecule has 2 heterocycles. The second kappa shape index (κ2) is 9.07. The monoisotopic (exact) mass is 428 g/mol. The molecule has 3 fully saturated rings. The Morgan fingerprint density at radius 3 is 1.44 bits per heavy atom. The first kappa shape index (κ1) is 20.6. The van der Waals surface area contributed by atoms with Gasteiger partial charge in [0.25, 0.3) is 0 Å². The molecular formula is C26H28N4O2. The lowest BCUT2D eigenvalue weighted by atomic mass is 9.75. The average Bonchev–Trinajstić information content (AvgIpc) is 3.52. The van der Waals surface area contributed by atoms with Crippen molar-refractivity contribution in [3.05, 3.63) is 71.4 Å². The van der Waals surface area contributed by atoms with Crippen LogP contribution < -0.4 is 0 Å². The molecule has 0 bridgehead atoms. The number of carbonyl (C=O) groups is 2. The third-order valence-corrected chi connectivity index (χ3v) is 6.53. The number of Topliss-reactive ketones (excluding diaryl/α,β-unsaturated/α-hetero) is 2. The fourth-order valence-corrected chi connectivity index (χ4v) is 4.74. The smallest absolute Gasteiger partial charge is 0.194 e. The van der Waals surface area contributed by atoms with E-state index in [9.17, 15) is 9.59 Å². The van der Waals surface area contributed by atoms with Crippen LogP contribution in [-0.4, -0.2) is 59.0 Å². The highest BCUT2D eigenvalue weighted by Gasteiger charge is 2.37. The van der Waals surface area contributed by atoms with Crippen LogP contribution in [0.15, 0.2) is 81.4 Å². The normalized spacial score (nSPS) is 26.1. The van der Waals surface area contributed by atoms with Crippen molar-refractivity contribution in [1.82, 2.24) is 9.80 Å². The SMILES string of the molecule is O=C1C2=CCC(=NC=CN3CCCC3)C=C2C(=O)C2=CCC(=NC=CN3CCCC3)C=C12. The predicted molar refractivity (Wildman–Crippen MR) is 126 cm³/mol. The molecule has 5 rings (SSSR count). The average molecular weight is 429 g/mol. The van der Waals surface area contributed by atoms with E-state index in [-0.39, 0.29) is 11.6 Å². The van der Waals surface area contributed by atoms with E-state index < -0.39 is 0 Å². The zero-order valence-corrected chi connectivity index (χ0v) is 18.3. The van der Waals surface area contributed by atoms with Crippen molar-refractivity contribution in [2.24, 2.45) is 9.98 Å². The number of carbonyl (C=O) groups excluding carboxylic acids is 2. The van der Waals surface area contributed by atoms with Gasteiger partial charge in [-0.1, -0.05) is 12.2 Å². The number of hydrogen-bond acceptors (Lipinski definition) is 6. The number of likely N-dealkylation sites (tertiary alicyclic amines) is 2. The number of aliphatic imine (C=N–C) groups is 2. The summed E-state index contributed by atoms with van der Waals surface area (Å²) in [5, 5.41) is 0. The summed E-state index contributed by atoms with van der Waals surface area (Å²) in [6.07, 6.45) is 20.9. The van der Waals surface area contributed by atoms with Crippen molar-refractivity contribution in [3.8, 4) is 0 Å². The van der Waals surface area contributed by atoms with E-state index in [4.69, 9.17) is 0 Å². The fraction of sp³-hybridized carbons (Fsp3) is 0.385. The Morgan fingerprint density at radius 1 is 0.625 bits per heavy atom. The van der Waals surface area contributed by atoms with Crippen molar-refractivity contribution < 1.29 is 9.59 Å². The molecule has 2 aliphatic heterocycles. The molecule has 3 aliphatic carbocycles. The van der Waals surface area contributed by atoms with Crippen LogP contribution in [0.2, 0.25) is 0 Å². The van der Waals surface area contributed by atoms with Crippen molar-refractivity contribution in [2.75, 3.05) is 26.2 Å². The third-order valence-electron chi connectivity index (χ3n) is 6.53. The molecule has 0 aromatic carbocycles. The standard InChI is InChI=1S/C26H28N4O2/c31-25-22-8-6-20(28-10-16-30-13-3-4-14-30)18-24(22)26(32)21-7-5-19(17-23(21)25)27-9-15-29-11-1-2-12-29/h7-10,15-18H,1-6,11-14H2. The van der Waals surface area contributed by atoms with Gasteiger partial charge in [0.1, 0.15) is 0 Å². The maximum absolute atomic E-state index is 13.2. The summed E-state index contributed by atoms with van der Waals surface area (Å²) in [7, 11) is 0. The van der Waals surface area contributed by atoms with E-state index in [1.165, 1.54) is 25.7 Å². The van der Waals surface area contributed by atoms with Crippen LogP contribution in [-0.2, 0) is 9.59 Å². The molecule has 0 unspecified atom stereocenters. The van der Waals surface area contributed by atoms with E-state index >= 15 is 0 Å². The highest BCUT2D eigenvalue weighted by atomic mass is 16.1. The lowest BCUT2D eigenvalue weighted by molar-refractivity contribution is -0.117. The second-order valence-electron chi connectivity index (χ2n) is 8.74. The predicted octanol–water partition coefficient (Wildman–Crippen LogP) is 3.67. The molecule has 5 aliphatic rings. The summed E-state index contributed by atoms with van der Waals surface area (Å²) in [5.41, 5.74) is 3.53. The Labute approximate surface area is 188 Å². The third kappa shape index (κ3) is 4.22. The Kier molecular flexibility index (Phi) is 5.84. The van der Waals surface area contributed by atoms with E-state index in [2.05, 4.69) is 19.8 Å². The van der Waals surface area contributed by atoms with Crippen LogP contribution in [0, 0.1) is 0 Å². The van der Waals surface area contributed by atoms with E-state index in [0.717, 1.165) is 37.6 Å². The van der Waals surface area contributed by atoms with E-state index in [1.807, 2.05) is 24.6 Å². The van der Waals surface area contributed by atoms with E-state index in [0.29, 0.717) is 35.1 Å². The van der Waals surface area contributed by atoms with Crippen LogP contribution in [0.4, 0.5) is 0 Å². The summed E-state index contributed by atoms with van der Waals surface area (Å²) in [5.74, 6) is -0.186. The quantitative estimate of drug-likeness (QED) is 0.685. The minimum Gasteiger partial charge on any atom is -0.376 e. The van der Waals surface area contributed by atoms with Gasteiger partial charge in [0.05, 0.1) is 0 Å². The van der Waals surface area contributed by atoms with Gasteiger partial charge in [-0.2, -0.15) is 0 Å². The van der Waals surface area contributed by atoms with Gasteiger partial charge in [-0.3, -0.25) is 19.6 Å².